The van der Waals surface area contributed by atoms with Crippen molar-refractivity contribution in [2.24, 2.45) is 10.9 Å². The zero-order valence-corrected chi connectivity index (χ0v) is 20.0. The lowest BCUT2D eigenvalue weighted by molar-refractivity contribution is -0.125. The van der Waals surface area contributed by atoms with Crippen LogP contribution in [0.3, 0.4) is 0 Å². The summed E-state index contributed by atoms with van der Waals surface area (Å²) in [6.45, 7) is 4.09. The molecule has 1 saturated carbocycles. The fourth-order valence-electron chi connectivity index (χ4n) is 5.07. The fourth-order valence-corrected chi connectivity index (χ4v) is 5.07. The molecule has 2 aliphatic carbocycles. The molecule has 2 aromatic heterocycles. The number of pyridine rings is 1. The molecule has 2 amide bonds. The van der Waals surface area contributed by atoms with E-state index in [4.69, 9.17) is 4.74 Å². The van der Waals surface area contributed by atoms with Gasteiger partial charge in [-0.2, -0.15) is 0 Å². The highest BCUT2D eigenvalue weighted by Gasteiger charge is 2.39. The number of hydrogen-bond acceptors (Lipinski definition) is 5. The third kappa shape index (κ3) is 4.92. The van der Waals surface area contributed by atoms with Crippen LogP contribution in [0.1, 0.15) is 47.4 Å². The second-order valence-corrected chi connectivity index (χ2v) is 9.75. The highest BCUT2D eigenvalue weighted by atomic mass is 16.5. The Morgan fingerprint density at radius 3 is 2.94 bits per heavy atom. The van der Waals surface area contributed by atoms with Gasteiger partial charge in [-0.3, -0.25) is 19.6 Å². The second-order valence-electron chi connectivity index (χ2n) is 9.75. The van der Waals surface area contributed by atoms with Crippen LogP contribution in [0.4, 0.5) is 0 Å². The predicted molar refractivity (Wildman–Crippen MR) is 135 cm³/mol. The Hall–Kier alpha value is -3.68. The van der Waals surface area contributed by atoms with Crippen molar-refractivity contribution in [1.29, 1.82) is 0 Å². The monoisotopic (exact) mass is 473 g/mol. The Bertz CT molecular complexity index is 1260. The van der Waals surface area contributed by atoms with Crippen LogP contribution in [0.2, 0.25) is 0 Å². The molecule has 3 N–H and O–H groups in total. The minimum Gasteiger partial charge on any atom is -0.496 e. The zero-order chi connectivity index (χ0) is 24.4. The molecule has 0 spiro atoms. The standard InChI is InChI=1S/C27H31N5O3/c1-28-16-27(11-10-18-5-4-12-29-23(18)15-27)32-26(34)21(13-17-8-9-17)31-25(33)22-14-19-20(30-22)6-3-7-24(19)35-2/h3-7,12,14,17,21,30H,1,8-11,13,15-16H2,2H3,(H,31,33)(H,32,34)/t21-,27-/m0/s1. The van der Waals surface area contributed by atoms with Crippen molar-refractivity contribution in [3.05, 3.63) is 59.5 Å². The number of rotatable bonds is 9. The Kier molecular flexibility index (Phi) is 6.28. The highest BCUT2D eigenvalue weighted by Crippen LogP contribution is 2.34. The van der Waals surface area contributed by atoms with Gasteiger partial charge >= 0.3 is 0 Å². The van der Waals surface area contributed by atoms with E-state index in [0.717, 1.165) is 42.3 Å². The van der Waals surface area contributed by atoms with Gasteiger partial charge in [-0.1, -0.05) is 25.0 Å². The van der Waals surface area contributed by atoms with Crippen LogP contribution in [-0.2, 0) is 17.6 Å². The highest BCUT2D eigenvalue weighted by molar-refractivity contribution is 6.01. The smallest absolute Gasteiger partial charge is 0.268 e. The number of methoxy groups -OCH3 is 1. The van der Waals surface area contributed by atoms with Crippen LogP contribution in [0.5, 0.6) is 5.75 Å². The molecule has 5 rings (SSSR count). The fraction of sp³-hybridized carbons (Fsp3) is 0.407. The average molecular weight is 474 g/mol. The summed E-state index contributed by atoms with van der Waals surface area (Å²) in [5.41, 5.74) is 2.84. The Labute approximate surface area is 204 Å². The molecule has 0 unspecified atom stereocenters. The van der Waals surface area contributed by atoms with Gasteiger partial charge in [0.05, 0.1) is 19.2 Å². The van der Waals surface area contributed by atoms with Crippen molar-refractivity contribution >= 4 is 29.4 Å². The Balaban J connectivity index is 1.35. The Morgan fingerprint density at radius 2 is 2.17 bits per heavy atom. The summed E-state index contributed by atoms with van der Waals surface area (Å²) in [6, 6.07) is 10.8. The molecule has 182 valence electrons. The van der Waals surface area contributed by atoms with Crippen LogP contribution < -0.4 is 15.4 Å². The van der Waals surface area contributed by atoms with E-state index in [1.54, 1.807) is 19.4 Å². The van der Waals surface area contributed by atoms with E-state index in [2.05, 4.69) is 38.4 Å². The van der Waals surface area contributed by atoms with Crippen LogP contribution in [0, 0.1) is 5.92 Å². The number of carbonyl (C=O) groups is 2. The van der Waals surface area contributed by atoms with Gasteiger partial charge in [-0.25, -0.2) is 0 Å². The number of ether oxygens (including phenoxy) is 1. The molecular formula is C27H31N5O3. The molecule has 1 fully saturated rings. The number of nitrogens with zero attached hydrogens (tertiary/aromatic N) is 2. The van der Waals surface area contributed by atoms with Gasteiger partial charge in [0.25, 0.3) is 5.91 Å². The van der Waals surface area contributed by atoms with Crippen molar-refractivity contribution in [2.75, 3.05) is 13.7 Å². The number of hydrogen-bond donors (Lipinski definition) is 3. The molecule has 0 bridgehead atoms. The molecule has 2 atom stereocenters. The Morgan fingerprint density at radius 1 is 1.31 bits per heavy atom. The maximum Gasteiger partial charge on any atom is 0.268 e. The first-order valence-corrected chi connectivity index (χ1v) is 12.1. The van der Waals surface area contributed by atoms with E-state index in [-0.39, 0.29) is 11.8 Å². The first kappa shape index (κ1) is 23.1. The number of amides is 2. The lowest BCUT2D eigenvalue weighted by Crippen LogP contribution is -2.59. The van der Waals surface area contributed by atoms with E-state index in [1.165, 1.54) is 5.56 Å². The van der Waals surface area contributed by atoms with Crippen molar-refractivity contribution in [3.63, 3.8) is 0 Å². The second kappa shape index (κ2) is 9.52. The number of aliphatic imine (C=N–C) groups is 1. The normalized spacial score (nSPS) is 20.0. The summed E-state index contributed by atoms with van der Waals surface area (Å²) in [4.78, 5) is 38.6. The van der Waals surface area contributed by atoms with Gasteiger partial charge in [0.1, 0.15) is 17.5 Å². The number of benzene rings is 1. The summed E-state index contributed by atoms with van der Waals surface area (Å²) in [5.74, 6) is 0.656. The third-order valence-corrected chi connectivity index (χ3v) is 7.14. The molecule has 1 aromatic carbocycles. The number of aromatic amines is 1. The summed E-state index contributed by atoms with van der Waals surface area (Å²) >= 11 is 0. The maximum atomic E-state index is 13.6. The van der Waals surface area contributed by atoms with Gasteiger partial charge in [-0.15, -0.1) is 0 Å². The van der Waals surface area contributed by atoms with Crippen molar-refractivity contribution < 1.29 is 14.3 Å². The summed E-state index contributed by atoms with van der Waals surface area (Å²) in [7, 11) is 1.60. The minimum atomic E-state index is -0.630. The number of nitrogens with one attached hydrogen (secondary N) is 3. The topological polar surface area (TPSA) is 108 Å². The van der Waals surface area contributed by atoms with E-state index in [9.17, 15) is 9.59 Å². The van der Waals surface area contributed by atoms with Gasteiger partial charge in [-0.05, 0) is 61.7 Å². The van der Waals surface area contributed by atoms with Crippen LogP contribution in [-0.4, -0.2) is 53.7 Å². The number of carbonyl (C=O) groups excluding carboxylic acids is 2. The van der Waals surface area contributed by atoms with E-state index >= 15 is 0 Å². The SMILES string of the molecule is C=NC[C@]1(NC(=O)[C@H](CC2CC2)NC(=O)c2cc3c(OC)cccc3[nH]2)CCc2cccnc2C1. The van der Waals surface area contributed by atoms with E-state index in [1.807, 2.05) is 24.3 Å². The number of fused-ring (bicyclic) bond motifs is 2. The molecular weight excluding hydrogens is 442 g/mol. The molecule has 8 nitrogen and oxygen atoms in total. The number of H-pyrrole nitrogens is 1. The first-order valence-electron chi connectivity index (χ1n) is 12.1. The van der Waals surface area contributed by atoms with E-state index < -0.39 is 11.6 Å². The predicted octanol–water partition coefficient (Wildman–Crippen LogP) is 3.21. The lowest BCUT2D eigenvalue weighted by atomic mass is 9.79. The molecule has 35 heavy (non-hydrogen) atoms. The number of aromatic nitrogens is 2. The number of aryl methyl sites for hydroxylation is 1. The van der Waals surface area contributed by atoms with Gasteiger partial charge in [0, 0.05) is 29.2 Å². The van der Waals surface area contributed by atoms with Crippen LogP contribution >= 0.6 is 0 Å². The zero-order valence-electron chi connectivity index (χ0n) is 20.0. The van der Waals surface area contributed by atoms with Gasteiger partial charge in [0.2, 0.25) is 5.91 Å². The van der Waals surface area contributed by atoms with Crippen molar-refractivity contribution in [2.45, 2.75) is 50.1 Å². The quantitative estimate of drug-likeness (QED) is 0.415. The molecule has 2 heterocycles. The van der Waals surface area contributed by atoms with Gasteiger partial charge in [0.15, 0.2) is 0 Å². The van der Waals surface area contributed by atoms with Crippen LogP contribution in [0.15, 0.2) is 47.6 Å². The molecule has 0 radical (unpaired) electrons. The van der Waals surface area contributed by atoms with E-state index in [0.29, 0.717) is 36.7 Å². The molecule has 2 aliphatic rings. The average Bonchev–Trinajstić information content (AvgIpc) is 3.57. The summed E-state index contributed by atoms with van der Waals surface area (Å²) < 4.78 is 5.41. The molecule has 0 aliphatic heterocycles. The summed E-state index contributed by atoms with van der Waals surface area (Å²) in [5, 5.41) is 7.06. The third-order valence-electron chi connectivity index (χ3n) is 7.14. The minimum absolute atomic E-state index is 0.179. The van der Waals surface area contributed by atoms with Crippen molar-refractivity contribution in [3.8, 4) is 5.75 Å². The molecule has 3 aromatic rings. The molecule has 8 heteroatoms. The van der Waals surface area contributed by atoms with Gasteiger partial charge < -0.3 is 20.4 Å². The lowest BCUT2D eigenvalue weighted by Gasteiger charge is -2.38. The largest absolute Gasteiger partial charge is 0.496 e. The van der Waals surface area contributed by atoms with Crippen LogP contribution in [0.25, 0.3) is 10.9 Å². The maximum absolute atomic E-state index is 13.6. The van der Waals surface area contributed by atoms with Crippen molar-refractivity contribution in [1.82, 2.24) is 20.6 Å². The first-order chi connectivity index (χ1) is 17.0. The molecule has 0 saturated heterocycles. The summed E-state index contributed by atoms with van der Waals surface area (Å²) in [6.07, 6.45) is 6.73.